The normalized spacial score (nSPS) is 18.1. The van der Waals surface area contributed by atoms with Crippen molar-refractivity contribution in [3.63, 3.8) is 0 Å². The Morgan fingerprint density at radius 3 is 2.55 bits per heavy atom. The number of hydrogen-bond acceptors (Lipinski definition) is 6. The first kappa shape index (κ1) is 15.3. The van der Waals surface area contributed by atoms with Crippen molar-refractivity contribution >= 4 is 13.5 Å². The molecule has 1 atom stereocenters. The number of aromatic nitrogens is 2. The molecule has 0 saturated carbocycles. The molecule has 0 spiro atoms. The highest BCUT2D eigenvalue weighted by atomic mass is 31.2. The van der Waals surface area contributed by atoms with Gasteiger partial charge in [-0.15, -0.1) is 0 Å². The molecule has 0 amide bonds. The zero-order valence-electron chi connectivity index (χ0n) is 11.3. The second-order valence-corrected chi connectivity index (χ2v) is 6.59. The lowest BCUT2D eigenvalue weighted by atomic mass is 10.3. The number of morpholine rings is 1. The highest BCUT2D eigenvalue weighted by Gasteiger charge is 2.23. The minimum Gasteiger partial charge on any atom is -0.378 e. The molecule has 1 aliphatic rings. The Morgan fingerprint density at radius 1 is 1.40 bits per heavy atom. The third-order valence-electron chi connectivity index (χ3n) is 3.09. The Bertz CT molecular complexity index is 472. The summed E-state index contributed by atoms with van der Waals surface area (Å²) in [5, 5.41) is 2.76. The molecule has 0 bridgehead atoms. The Morgan fingerprint density at radius 2 is 2.00 bits per heavy atom. The molecule has 1 aliphatic heterocycles. The van der Waals surface area contributed by atoms with Crippen LogP contribution in [-0.4, -0.2) is 51.8 Å². The van der Waals surface area contributed by atoms with Gasteiger partial charge in [0.1, 0.15) is 5.78 Å². The molecule has 0 unspecified atom stereocenters. The zero-order valence-corrected chi connectivity index (χ0v) is 12.2. The standard InChI is InChI=1S/C11H19N4O4P/c1-9(20(16,17)18)12-6-10-7-13-11(14-8-10)15-2-4-19-5-3-15/h7-9,12H,2-6H2,1H3,(H2,16,17,18)/t9-/m1/s1. The van der Waals surface area contributed by atoms with Crippen molar-refractivity contribution in [3.05, 3.63) is 18.0 Å². The molecule has 3 N–H and O–H groups in total. The summed E-state index contributed by atoms with van der Waals surface area (Å²) in [6.07, 6.45) is 3.33. The summed E-state index contributed by atoms with van der Waals surface area (Å²) >= 11 is 0. The van der Waals surface area contributed by atoms with Crippen LogP contribution >= 0.6 is 7.60 Å². The van der Waals surface area contributed by atoms with Gasteiger partial charge in [0.2, 0.25) is 5.95 Å². The largest absolute Gasteiger partial charge is 0.378 e. The van der Waals surface area contributed by atoms with Gasteiger partial charge in [0.25, 0.3) is 0 Å². The highest BCUT2D eigenvalue weighted by molar-refractivity contribution is 7.52. The zero-order chi connectivity index (χ0) is 14.6. The fourth-order valence-corrected chi connectivity index (χ4v) is 2.08. The molecule has 1 fully saturated rings. The molecule has 0 aromatic carbocycles. The van der Waals surface area contributed by atoms with Crippen LogP contribution in [0.15, 0.2) is 12.4 Å². The molecule has 20 heavy (non-hydrogen) atoms. The van der Waals surface area contributed by atoms with E-state index in [0.29, 0.717) is 25.7 Å². The minimum atomic E-state index is -4.10. The molecule has 0 aliphatic carbocycles. The maximum Gasteiger partial charge on any atom is 0.342 e. The number of anilines is 1. The van der Waals surface area contributed by atoms with Crippen LogP contribution in [-0.2, 0) is 15.8 Å². The molecule has 1 saturated heterocycles. The first-order valence-electron chi connectivity index (χ1n) is 6.39. The summed E-state index contributed by atoms with van der Waals surface area (Å²) < 4.78 is 16.3. The van der Waals surface area contributed by atoms with Crippen molar-refractivity contribution in [1.82, 2.24) is 15.3 Å². The summed E-state index contributed by atoms with van der Waals surface area (Å²) in [5.41, 5.74) is 0.780. The molecular formula is C11H19N4O4P. The van der Waals surface area contributed by atoms with E-state index in [1.807, 2.05) is 4.90 Å². The van der Waals surface area contributed by atoms with Gasteiger partial charge < -0.3 is 19.4 Å². The van der Waals surface area contributed by atoms with Crippen molar-refractivity contribution in [2.75, 3.05) is 31.2 Å². The Kier molecular flexibility index (Phi) is 5.06. The van der Waals surface area contributed by atoms with Crippen LogP contribution in [0, 0.1) is 0 Å². The Labute approximate surface area is 117 Å². The molecule has 1 aromatic heterocycles. The van der Waals surface area contributed by atoms with Gasteiger partial charge in [-0.05, 0) is 6.92 Å². The van der Waals surface area contributed by atoms with Crippen LogP contribution in [0.25, 0.3) is 0 Å². The predicted molar refractivity (Wildman–Crippen MR) is 73.4 cm³/mol. The molecular weight excluding hydrogens is 283 g/mol. The average molecular weight is 302 g/mol. The second-order valence-electron chi connectivity index (χ2n) is 4.64. The minimum absolute atomic E-state index is 0.315. The van der Waals surface area contributed by atoms with Gasteiger partial charge in [0.05, 0.1) is 13.2 Å². The van der Waals surface area contributed by atoms with E-state index >= 15 is 0 Å². The van der Waals surface area contributed by atoms with Crippen molar-refractivity contribution in [2.24, 2.45) is 0 Å². The van der Waals surface area contributed by atoms with E-state index in [9.17, 15) is 4.57 Å². The fourth-order valence-electron chi connectivity index (χ4n) is 1.75. The smallest absolute Gasteiger partial charge is 0.342 e. The molecule has 8 nitrogen and oxygen atoms in total. The molecule has 2 heterocycles. The Hall–Kier alpha value is -1.05. The van der Waals surface area contributed by atoms with Gasteiger partial charge in [-0.25, -0.2) is 9.97 Å². The summed E-state index contributed by atoms with van der Waals surface area (Å²) in [6, 6.07) is 0. The van der Waals surface area contributed by atoms with Gasteiger partial charge in [-0.3, -0.25) is 9.88 Å². The van der Waals surface area contributed by atoms with Crippen LogP contribution in [0.3, 0.4) is 0 Å². The first-order chi connectivity index (χ1) is 9.47. The molecule has 2 rings (SSSR count). The highest BCUT2D eigenvalue weighted by Crippen LogP contribution is 2.39. The molecule has 1 aromatic rings. The first-order valence-corrected chi connectivity index (χ1v) is 8.07. The van der Waals surface area contributed by atoms with E-state index in [1.165, 1.54) is 6.92 Å². The lowest BCUT2D eigenvalue weighted by molar-refractivity contribution is 0.122. The summed E-state index contributed by atoms with van der Waals surface area (Å²) in [5.74, 6) is -0.235. The van der Waals surface area contributed by atoms with Crippen molar-refractivity contribution in [2.45, 2.75) is 19.3 Å². The molecule has 112 valence electrons. The van der Waals surface area contributed by atoms with Crippen molar-refractivity contribution in [3.8, 4) is 0 Å². The van der Waals surface area contributed by atoms with E-state index < -0.39 is 13.4 Å². The molecule has 9 heteroatoms. The van der Waals surface area contributed by atoms with Gasteiger partial charge in [0.15, 0.2) is 0 Å². The summed E-state index contributed by atoms with van der Waals surface area (Å²) in [4.78, 5) is 28.5. The van der Waals surface area contributed by atoms with E-state index in [1.54, 1.807) is 12.4 Å². The third kappa shape index (κ3) is 4.22. The number of ether oxygens (including phenoxy) is 1. The monoisotopic (exact) mass is 302 g/mol. The van der Waals surface area contributed by atoms with Crippen molar-refractivity contribution < 1.29 is 19.1 Å². The topological polar surface area (TPSA) is 108 Å². The third-order valence-corrected chi connectivity index (χ3v) is 4.28. The van der Waals surface area contributed by atoms with Crippen molar-refractivity contribution in [1.29, 1.82) is 0 Å². The number of hydrogen-bond donors (Lipinski definition) is 3. The second kappa shape index (κ2) is 6.60. The van der Waals surface area contributed by atoms with E-state index in [2.05, 4.69) is 15.3 Å². The van der Waals surface area contributed by atoms with Crippen LogP contribution < -0.4 is 10.2 Å². The summed E-state index contributed by atoms with van der Waals surface area (Å²) in [7, 11) is -4.10. The van der Waals surface area contributed by atoms with Gasteiger partial charge >= 0.3 is 7.60 Å². The summed E-state index contributed by atoms with van der Waals surface area (Å²) in [6.45, 7) is 4.65. The SMILES string of the molecule is C[C@H](NCc1cnc(N2CCOCC2)nc1)P(=O)(O)O. The average Bonchev–Trinajstić information content (AvgIpc) is 2.45. The molecule has 0 radical (unpaired) electrons. The number of nitrogens with one attached hydrogen (secondary N) is 1. The maximum absolute atomic E-state index is 11.0. The van der Waals surface area contributed by atoms with Crippen LogP contribution in [0.2, 0.25) is 0 Å². The van der Waals surface area contributed by atoms with Gasteiger partial charge in [-0.1, -0.05) is 0 Å². The van der Waals surface area contributed by atoms with Crippen LogP contribution in [0.1, 0.15) is 12.5 Å². The number of rotatable bonds is 5. The van der Waals surface area contributed by atoms with Crippen LogP contribution in [0.5, 0.6) is 0 Å². The quantitative estimate of drug-likeness (QED) is 0.649. The lowest BCUT2D eigenvalue weighted by Crippen LogP contribution is -2.37. The number of nitrogens with zero attached hydrogens (tertiary/aromatic N) is 3. The van der Waals surface area contributed by atoms with Crippen LogP contribution in [0.4, 0.5) is 5.95 Å². The van der Waals surface area contributed by atoms with E-state index in [-0.39, 0.29) is 0 Å². The fraction of sp³-hybridized carbons (Fsp3) is 0.636. The lowest BCUT2D eigenvalue weighted by Gasteiger charge is -2.26. The van der Waals surface area contributed by atoms with E-state index in [0.717, 1.165) is 18.7 Å². The Balaban J connectivity index is 1.89. The maximum atomic E-state index is 11.0. The predicted octanol–water partition coefficient (Wildman–Crippen LogP) is -0.0735. The van der Waals surface area contributed by atoms with E-state index in [4.69, 9.17) is 14.5 Å². The van der Waals surface area contributed by atoms with Gasteiger partial charge in [0, 0.05) is 37.6 Å². The van der Waals surface area contributed by atoms with Gasteiger partial charge in [-0.2, -0.15) is 0 Å².